The Hall–Kier alpha value is -1.39. The Morgan fingerprint density at radius 2 is 1.60 bits per heavy atom. The number of halogens is 1. The Morgan fingerprint density at radius 1 is 0.950 bits per heavy atom. The summed E-state index contributed by atoms with van der Waals surface area (Å²) in [4.78, 5) is 10.6. The molecule has 0 atom stereocenters. The zero-order chi connectivity index (χ0) is 13.9. The number of benzene rings is 2. The first-order valence-electron chi connectivity index (χ1n) is 6.33. The summed E-state index contributed by atoms with van der Waals surface area (Å²) in [7, 11) is 0. The SMILES string of the molecule is Cc1nc2ccccc2nc1CSc1ccc(Br)cc1. The van der Waals surface area contributed by atoms with E-state index in [0.29, 0.717) is 0 Å². The van der Waals surface area contributed by atoms with Gasteiger partial charge in [0.2, 0.25) is 0 Å². The van der Waals surface area contributed by atoms with Gasteiger partial charge in [0.15, 0.2) is 0 Å². The third kappa shape index (κ3) is 3.02. The first-order chi connectivity index (χ1) is 9.72. The van der Waals surface area contributed by atoms with Crippen molar-refractivity contribution < 1.29 is 0 Å². The summed E-state index contributed by atoms with van der Waals surface area (Å²) >= 11 is 5.23. The van der Waals surface area contributed by atoms with Gasteiger partial charge in [-0.25, -0.2) is 9.97 Å². The molecule has 3 aromatic rings. The van der Waals surface area contributed by atoms with Crippen LogP contribution in [0.2, 0.25) is 0 Å². The lowest BCUT2D eigenvalue weighted by atomic mass is 10.2. The first kappa shape index (κ1) is 13.6. The molecule has 0 saturated heterocycles. The van der Waals surface area contributed by atoms with Crippen molar-refractivity contribution >= 4 is 38.7 Å². The van der Waals surface area contributed by atoms with Crippen LogP contribution in [0.1, 0.15) is 11.4 Å². The molecule has 0 saturated carbocycles. The van der Waals surface area contributed by atoms with E-state index in [-0.39, 0.29) is 0 Å². The van der Waals surface area contributed by atoms with Gasteiger partial charge in [0.25, 0.3) is 0 Å². The minimum absolute atomic E-state index is 0.839. The number of fused-ring (bicyclic) bond motifs is 1. The van der Waals surface area contributed by atoms with Crippen LogP contribution in [0.25, 0.3) is 11.0 Å². The van der Waals surface area contributed by atoms with Crippen molar-refractivity contribution in [2.24, 2.45) is 0 Å². The first-order valence-corrected chi connectivity index (χ1v) is 8.11. The Kier molecular flexibility index (Phi) is 4.03. The maximum atomic E-state index is 4.71. The van der Waals surface area contributed by atoms with Crippen LogP contribution in [0.4, 0.5) is 0 Å². The van der Waals surface area contributed by atoms with E-state index in [4.69, 9.17) is 4.98 Å². The van der Waals surface area contributed by atoms with E-state index < -0.39 is 0 Å². The van der Waals surface area contributed by atoms with E-state index in [1.807, 2.05) is 31.2 Å². The lowest BCUT2D eigenvalue weighted by Crippen LogP contribution is -1.96. The summed E-state index contributed by atoms with van der Waals surface area (Å²) in [6, 6.07) is 16.3. The van der Waals surface area contributed by atoms with Crippen LogP contribution in [0.5, 0.6) is 0 Å². The molecule has 0 fully saturated rings. The topological polar surface area (TPSA) is 25.8 Å². The molecule has 0 spiro atoms. The van der Waals surface area contributed by atoms with E-state index in [1.54, 1.807) is 11.8 Å². The van der Waals surface area contributed by atoms with E-state index in [9.17, 15) is 0 Å². The number of para-hydroxylation sites is 2. The Labute approximate surface area is 130 Å². The van der Waals surface area contributed by atoms with E-state index in [2.05, 4.69) is 45.2 Å². The second-order valence-corrected chi connectivity index (χ2v) is 6.45. The Morgan fingerprint density at radius 3 is 2.30 bits per heavy atom. The van der Waals surface area contributed by atoms with E-state index in [0.717, 1.165) is 32.6 Å². The average molecular weight is 345 g/mol. The molecule has 0 aliphatic carbocycles. The highest BCUT2D eigenvalue weighted by atomic mass is 79.9. The molecular weight excluding hydrogens is 332 g/mol. The molecular formula is C16H13BrN2S. The van der Waals surface area contributed by atoms with Gasteiger partial charge in [0.1, 0.15) is 0 Å². The fourth-order valence-electron chi connectivity index (χ4n) is 1.94. The third-order valence-electron chi connectivity index (χ3n) is 3.03. The lowest BCUT2D eigenvalue weighted by molar-refractivity contribution is 1.08. The van der Waals surface area contributed by atoms with Crippen LogP contribution in [-0.4, -0.2) is 9.97 Å². The number of thioether (sulfide) groups is 1. The molecule has 0 bridgehead atoms. The fourth-order valence-corrected chi connectivity index (χ4v) is 3.11. The highest BCUT2D eigenvalue weighted by molar-refractivity contribution is 9.10. The summed E-state index contributed by atoms with van der Waals surface area (Å²) < 4.78 is 1.10. The molecule has 20 heavy (non-hydrogen) atoms. The van der Waals surface area contributed by atoms with Gasteiger partial charge in [-0.1, -0.05) is 28.1 Å². The smallest absolute Gasteiger partial charge is 0.0890 e. The Balaban J connectivity index is 1.83. The van der Waals surface area contributed by atoms with Crippen molar-refractivity contribution in [2.45, 2.75) is 17.6 Å². The number of aromatic nitrogens is 2. The van der Waals surface area contributed by atoms with Gasteiger partial charge in [0.05, 0.1) is 22.4 Å². The summed E-state index contributed by atoms with van der Waals surface area (Å²) in [6.07, 6.45) is 0. The molecule has 0 radical (unpaired) electrons. The predicted molar refractivity (Wildman–Crippen MR) is 88.0 cm³/mol. The molecule has 1 heterocycles. The largest absolute Gasteiger partial charge is 0.250 e. The van der Waals surface area contributed by atoms with Gasteiger partial charge >= 0.3 is 0 Å². The molecule has 4 heteroatoms. The van der Waals surface area contributed by atoms with Crippen LogP contribution in [-0.2, 0) is 5.75 Å². The van der Waals surface area contributed by atoms with Gasteiger partial charge in [-0.3, -0.25) is 0 Å². The van der Waals surface area contributed by atoms with Crippen molar-refractivity contribution in [2.75, 3.05) is 0 Å². The second kappa shape index (κ2) is 5.94. The summed E-state index contributed by atoms with van der Waals surface area (Å²) in [5, 5.41) is 0. The predicted octanol–water partition coefficient (Wildman–Crippen LogP) is 4.99. The van der Waals surface area contributed by atoms with Crippen LogP contribution in [0, 0.1) is 6.92 Å². The fraction of sp³-hybridized carbons (Fsp3) is 0.125. The van der Waals surface area contributed by atoms with Crippen LogP contribution in [0.15, 0.2) is 57.9 Å². The maximum absolute atomic E-state index is 4.71. The summed E-state index contributed by atoms with van der Waals surface area (Å²) in [5.74, 6) is 0.839. The zero-order valence-corrected chi connectivity index (χ0v) is 13.4. The molecule has 3 rings (SSSR count). The molecule has 0 aliphatic rings. The van der Waals surface area contributed by atoms with Gasteiger partial charge < -0.3 is 0 Å². The van der Waals surface area contributed by atoms with E-state index in [1.165, 1.54) is 4.90 Å². The molecule has 0 amide bonds. The minimum Gasteiger partial charge on any atom is -0.250 e. The third-order valence-corrected chi connectivity index (χ3v) is 4.58. The quantitative estimate of drug-likeness (QED) is 0.625. The number of nitrogens with zero attached hydrogens (tertiary/aromatic N) is 2. The summed E-state index contributed by atoms with van der Waals surface area (Å²) in [6.45, 7) is 2.02. The molecule has 0 N–H and O–H groups in total. The Bertz CT molecular complexity index is 741. The molecule has 0 unspecified atom stereocenters. The van der Waals surface area contributed by atoms with Crippen molar-refractivity contribution in [1.29, 1.82) is 0 Å². The number of hydrogen-bond acceptors (Lipinski definition) is 3. The van der Waals surface area contributed by atoms with Crippen LogP contribution >= 0.6 is 27.7 Å². The van der Waals surface area contributed by atoms with Crippen LogP contribution in [0.3, 0.4) is 0 Å². The van der Waals surface area contributed by atoms with E-state index >= 15 is 0 Å². The maximum Gasteiger partial charge on any atom is 0.0890 e. The van der Waals surface area contributed by atoms with Crippen molar-refractivity contribution in [3.05, 3.63) is 64.4 Å². The second-order valence-electron chi connectivity index (χ2n) is 4.49. The average Bonchev–Trinajstić information content (AvgIpc) is 2.47. The van der Waals surface area contributed by atoms with Crippen LogP contribution < -0.4 is 0 Å². The zero-order valence-electron chi connectivity index (χ0n) is 11.0. The minimum atomic E-state index is 0.839. The molecule has 2 nitrogen and oxygen atoms in total. The lowest BCUT2D eigenvalue weighted by Gasteiger charge is -2.06. The monoisotopic (exact) mass is 344 g/mol. The number of rotatable bonds is 3. The van der Waals surface area contributed by atoms with Crippen molar-refractivity contribution in [3.63, 3.8) is 0 Å². The molecule has 100 valence electrons. The highest BCUT2D eigenvalue weighted by Crippen LogP contribution is 2.25. The highest BCUT2D eigenvalue weighted by Gasteiger charge is 2.05. The molecule has 0 aliphatic heterocycles. The van der Waals surface area contributed by atoms with Crippen molar-refractivity contribution in [1.82, 2.24) is 9.97 Å². The van der Waals surface area contributed by atoms with Gasteiger partial charge in [0, 0.05) is 15.1 Å². The van der Waals surface area contributed by atoms with Crippen molar-refractivity contribution in [3.8, 4) is 0 Å². The van der Waals surface area contributed by atoms with Gasteiger partial charge in [-0.2, -0.15) is 0 Å². The molecule has 2 aromatic carbocycles. The van der Waals surface area contributed by atoms with Gasteiger partial charge in [-0.05, 0) is 43.3 Å². The summed E-state index contributed by atoms with van der Waals surface area (Å²) in [5.41, 5.74) is 3.98. The normalized spacial score (nSPS) is 10.9. The van der Waals surface area contributed by atoms with Gasteiger partial charge in [-0.15, -0.1) is 11.8 Å². The standard InChI is InChI=1S/C16H13BrN2S/c1-11-16(10-20-13-8-6-12(17)7-9-13)19-15-5-3-2-4-14(15)18-11/h2-9H,10H2,1H3. The number of aryl methyl sites for hydroxylation is 1. The number of hydrogen-bond donors (Lipinski definition) is 0. The molecule has 1 aromatic heterocycles.